The molecular formula is C27H24FN3O. The van der Waals surface area contributed by atoms with E-state index in [0.29, 0.717) is 29.9 Å². The number of aromatic nitrogens is 2. The number of nitriles is 1. The largest absolute Gasteiger partial charge is 0.299 e. The van der Waals surface area contributed by atoms with Gasteiger partial charge >= 0.3 is 0 Å². The molecule has 1 unspecified atom stereocenters. The van der Waals surface area contributed by atoms with E-state index in [1.165, 1.54) is 17.2 Å². The van der Waals surface area contributed by atoms with Crippen molar-refractivity contribution in [3.63, 3.8) is 0 Å². The summed E-state index contributed by atoms with van der Waals surface area (Å²) in [6, 6.07) is 12.3. The maximum atomic E-state index is 13.9. The summed E-state index contributed by atoms with van der Waals surface area (Å²) in [6.07, 6.45) is 9.15. The average molecular weight is 426 g/mol. The lowest BCUT2D eigenvalue weighted by Crippen LogP contribution is -2.16. The molecule has 2 aliphatic rings. The molecule has 32 heavy (non-hydrogen) atoms. The monoisotopic (exact) mass is 425 g/mol. The second-order valence-corrected chi connectivity index (χ2v) is 9.13. The standard InChI is InChI=1S/C27H24FN3O/c1-16(27(32)8-17-2-4-23(14-29)31-15-17)18-9-19-11-21(12-20(19)10-18)24-6-7-30-26-5-3-22(28)13-25(24)26/h2-7,9,13,15-16,19-21H,8,10-12H2,1H3/t16?,19-,20+,21+/m0/s1. The quantitative estimate of drug-likeness (QED) is 0.504. The fraction of sp³-hybridized carbons (Fsp3) is 0.333. The first-order chi connectivity index (χ1) is 15.5. The van der Waals surface area contributed by atoms with Crippen molar-refractivity contribution in [3.05, 3.63) is 83.1 Å². The third kappa shape index (κ3) is 3.82. The number of allylic oxidation sites excluding steroid dienone is 2. The zero-order valence-electron chi connectivity index (χ0n) is 18.0. The van der Waals surface area contributed by atoms with Crippen LogP contribution in [0.15, 0.2) is 60.4 Å². The van der Waals surface area contributed by atoms with Crippen LogP contribution in [0.3, 0.4) is 0 Å². The predicted molar refractivity (Wildman–Crippen MR) is 120 cm³/mol. The molecule has 0 aliphatic heterocycles. The Morgan fingerprint density at radius 2 is 2.09 bits per heavy atom. The molecule has 1 fully saturated rings. The molecule has 0 saturated heterocycles. The summed E-state index contributed by atoms with van der Waals surface area (Å²) in [6.45, 7) is 2.00. The maximum absolute atomic E-state index is 13.9. The lowest BCUT2D eigenvalue weighted by atomic mass is 9.88. The van der Waals surface area contributed by atoms with Gasteiger partial charge in [-0.05, 0) is 78.5 Å². The third-order valence-electron chi connectivity index (χ3n) is 7.21. The molecular weight excluding hydrogens is 401 g/mol. The van der Waals surface area contributed by atoms with Gasteiger partial charge in [-0.1, -0.05) is 24.6 Å². The number of carbonyl (C=O) groups is 1. The van der Waals surface area contributed by atoms with E-state index in [4.69, 9.17) is 5.26 Å². The van der Waals surface area contributed by atoms with Gasteiger partial charge in [0.15, 0.2) is 0 Å². The van der Waals surface area contributed by atoms with Crippen LogP contribution in [0.4, 0.5) is 4.39 Å². The van der Waals surface area contributed by atoms with E-state index in [9.17, 15) is 9.18 Å². The highest BCUT2D eigenvalue weighted by Crippen LogP contribution is 2.51. The van der Waals surface area contributed by atoms with E-state index < -0.39 is 0 Å². The Labute approximate surface area is 186 Å². The first-order valence-electron chi connectivity index (χ1n) is 11.1. The Bertz CT molecular complexity index is 1260. The average Bonchev–Trinajstić information content (AvgIpc) is 3.38. The lowest BCUT2D eigenvalue weighted by Gasteiger charge is -2.17. The minimum Gasteiger partial charge on any atom is -0.299 e. The summed E-state index contributed by atoms with van der Waals surface area (Å²) in [5, 5.41) is 9.79. The van der Waals surface area contributed by atoms with Crippen molar-refractivity contribution in [2.24, 2.45) is 17.8 Å². The second kappa shape index (κ2) is 8.27. The Morgan fingerprint density at radius 3 is 2.84 bits per heavy atom. The van der Waals surface area contributed by atoms with Crippen molar-refractivity contribution >= 4 is 16.7 Å². The van der Waals surface area contributed by atoms with Crippen molar-refractivity contribution in [2.45, 2.75) is 38.5 Å². The molecule has 3 aromatic rings. The number of ketones is 1. The van der Waals surface area contributed by atoms with Crippen LogP contribution in [0, 0.1) is 34.9 Å². The molecule has 0 radical (unpaired) electrons. The van der Waals surface area contributed by atoms with Crippen molar-refractivity contribution in [1.29, 1.82) is 5.26 Å². The van der Waals surface area contributed by atoms with Crippen LogP contribution in [0.5, 0.6) is 0 Å². The number of hydrogen-bond acceptors (Lipinski definition) is 4. The molecule has 0 spiro atoms. The second-order valence-electron chi connectivity index (χ2n) is 9.13. The molecule has 1 aromatic carbocycles. The number of rotatable bonds is 5. The van der Waals surface area contributed by atoms with Gasteiger partial charge in [0.05, 0.1) is 5.52 Å². The molecule has 2 aliphatic carbocycles. The van der Waals surface area contributed by atoms with Gasteiger partial charge in [-0.3, -0.25) is 9.78 Å². The normalized spacial score (nSPS) is 22.9. The number of hydrogen-bond donors (Lipinski definition) is 0. The van der Waals surface area contributed by atoms with Crippen molar-refractivity contribution < 1.29 is 9.18 Å². The maximum Gasteiger partial charge on any atom is 0.144 e. The molecule has 0 bridgehead atoms. The number of halogens is 1. The number of carbonyl (C=O) groups excluding carboxylic acids is 1. The van der Waals surface area contributed by atoms with Crippen LogP contribution in [-0.4, -0.2) is 15.8 Å². The molecule has 5 rings (SSSR count). The van der Waals surface area contributed by atoms with Crippen LogP contribution in [0.1, 0.15) is 48.9 Å². The molecule has 5 heteroatoms. The molecule has 2 aromatic heterocycles. The summed E-state index contributed by atoms with van der Waals surface area (Å²) in [5.41, 5.74) is 4.48. The van der Waals surface area contributed by atoms with Crippen molar-refractivity contribution in [1.82, 2.24) is 9.97 Å². The Balaban J connectivity index is 1.28. The summed E-state index contributed by atoms with van der Waals surface area (Å²) in [4.78, 5) is 21.3. The molecule has 1 saturated carbocycles. The van der Waals surface area contributed by atoms with Gasteiger partial charge in [0.25, 0.3) is 0 Å². The van der Waals surface area contributed by atoms with Gasteiger partial charge in [0.1, 0.15) is 23.4 Å². The lowest BCUT2D eigenvalue weighted by molar-refractivity contribution is -0.120. The van der Waals surface area contributed by atoms with Gasteiger partial charge in [-0.25, -0.2) is 9.37 Å². The molecule has 2 heterocycles. The number of benzene rings is 1. The van der Waals surface area contributed by atoms with Gasteiger partial charge in [0.2, 0.25) is 0 Å². The third-order valence-corrected chi connectivity index (χ3v) is 7.21. The molecule has 4 atom stereocenters. The molecule has 160 valence electrons. The van der Waals surface area contributed by atoms with Crippen LogP contribution in [-0.2, 0) is 11.2 Å². The topological polar surface area (TPSA) is 66.6 Å². The highest BCUT2D eigenvalue weighted by Gasteiger charge is 2.40. The molecule has 4 nitrogen and oxygen atoms in total. The first kappa shape index (κ1) is 20.5. The SMILES string of the molecule is CC(C(=O)Cc1ccc(C#N)nc1)C1=C[C@H]2C[C@@H](c3ccnc4ccc(F)cc34)C[C@H]2C1. The van der Waals surface area contributed by atoms with Gasteiger partial charge in [0, 0.05) is 30.1 Å². The van der Waals surface area contributed by atoms with Crippen LogP contribution >= 0.6 is 0 Å². The minimum atomic E-state index is -0.225. The number of Topliss-reactive ketones (excluding diaryl/α,β-unsaturated/α-hetero) is 1. The number of fused-ring (bicyclic) bond motifs is 2. The fourth-order valence-corrected chi connectivity index (χ4v) is 5.47. The fourth-order valence-electron chi connectivity index (χ4n) is 5.47. The smallest absolute Gasteiger partial charge is 0.144 e. The van der Waals surface area contributed by atoms with Crippen LogP contribution in [0.2, 0.25) is 0 Å². The summed E-state index contributed by atoms with van der Waals surface area (Å²) < 4.78 is 13.9. The zero-order chi connectivity index (χ0) is 22.2. The van der Waals surface area contributed by atoms with Gasteiger partial charge in [-0.15, -0.1) is 0 Å². The zero-order valence-corrected chi connectivity index (χ0v) is 18.0. The van der Waals surface area contributed by atoms with E-state index in [1.807, 2.05) is 25.3 Å². The summed E-state index contributed by atoms with van der Waals surface area (Å²) in [5.74, 6) is 1.26. The van der Waals surface area contributed by atoms with E-state index in [0.717, 1.165) is 35.7 Å². The van der Waals surface area contributed by atoms with E-state index >= 15 is 0 Å². The van der Waals surface area contributed by atoms with Crippen molar-refractivity contribution in [2.75, 3.05) is 0 Å². The van der Waals surface area contributed by atoms with Crippen LogP contribution in [0.25, 0.3) is 10.9 Å². The molecule has 0 N–H and O–H groups in total. The number of nitrogens with zero attached hydrogens (tertiary/aromatic N) is 3. The highest BCUT2D eigenvalue weighted by atomic mass is 19.1. The van der Waals surface area contributed by atoms with E-state index in [2.05, 4.69) is 16.0 Å². The van der Waals surface area contributed by atoms with E-state index in [-0.39, 0.29) is 17.5 Å². The van der Waals surface area contributed by atoms with Crippen molar-refractivity contribution in [3.8, 4) is 6.07 Å². The van der Waals surface area contributed by atoms with Gasteiger partial charge in [-0.2, -0.15) is 5.26 Å². The Hall–Kier alpha value is -3.39. The summed E-state index contributed by atoms with van der Waals surface area (Å²) >= 11 is 0. The Kier molecular flexibility index (Phi) is 5.30. The van der Waals surface area contributed by atoms with Gasteiger partial charge < -0.3 is 0 Å². The number of pyridine rings is 2. The highest BCUT2D eigenvalue weighted by molar-refractivity contribution is 5.85. The first-order valence-corrected chi connectivity index (χ1v) is 11.1. The van der Waals surface area contributed by atoms with E-state index in [1.54, 1.807) is 30.5 Å². The molecule has 0 amide bonds. The Morgan fingerprint density at radius 1 is 1.22 bits per heavy atom. The minimum absolute atomic E-state index is 0.106. The predicted octanol–water partition coefficient (Wildman–Crippen LogP) is 5.53. The van der Waals surface area contributed by atoms with Crippen LogP contribution < -0.4 is 0 Å². The summed E-state index contributed by atoms with van der Waals surface area (Å²) in [7, 11) is 0.